The molecule has 2 aromatic rings. The maximum absolute atomic E-state index is 13.3. The van der Waals surface area contributed by atoms with E-state index in [0.29, 0.717) is 0 Å². The predicted octanol–water partition coefficient (Wildman–Crippen LogP) is 4.25. The number of carbonyl (C=O) groups is 3. The van der Waals surface area contributed by atoms with E-state index in [1.165, 1.54) is 18.2 Å². The quantitative estimate of drug-likeness (QED) is 0.259. The molecule has 1 aliphatic heterocycles. The second-order valence-corrected chi connectivity index (χ2v) is 9.29. The Bertz CT molecular complexity index is 1250. The smallest absolute Gasteiger partial charge is 0.504 e. The average molecular weight is 592 g/mol. The SMILES string of the molecule is CC(C)Oc1cccc(OC(C)C)c1C(=O)O[C@@H](C(=O)O)[C@H]1OB(c2cc(C(F)(F)F)cc(C(F)(F)F)c2)OC1=O. The number of rotatable bonds is 9. The fourth-order valence-corrected chi connectivity index (χ4v) is 3.68. The Morgan fingerprint density at radius 3 is 1.80 bits per heavy atom. The van der Waals surface area contributed by atoms with Crippen LogP contribution >= 0.6 is 0 Å². The zero-order valence-electron chi connectivity index (χ0n) is 21.8. The van der Waals surface area contributed by atoms with Crippen LogP contribution in [-0.4, -0.2) is 54.5 Å². The van der Waals surface area contributed by atoms with Gasteiger partial charge in [-0.2, -0.15) is 26.3 Å². The number of hydrogen-bond donors (Lipinski definition) is 1. The van der Waals surface area contributed by atoms with Gasteiger partial charge in [-0.1, -0.05) is 6.07 Å². The molecular formula is C25H23BF6O9. The van der Waals surface area contributed by atoms with Gasteiger partial charge in [-0.15, -0.1) is 0 Å². The monoisotopic (exact) mass is 592 g/mol. The molecule has 0 unspecified atom stereocenters. The molecule has 0 aliphatic carbocycles. The molecule has 1 fully saturated rings. The molecule has 1 aliphatic rings. The zero-order chi connectivity index (χ0) is 30.9. The summed E-state index contributed by atoms with van der Waals surface area (Å²) in [5, 5.41) is 9.71. The molecule has 0 saturated carbocycles. The highest BCUT2D eigenvalue weighted by molar-refractivity contribution is 6.64. The zero-order valence-corrected chi connectivity index (χ0v) is 21.8. The molecule has 9 nitrogen and oxygen atoms in total. The number of halogens is 6. The topological polar surface area (TPSA) is 118 Å². The standard InChI is InChI=1S/C25H23BF6O9/c1-11(2)37-16-6-5-7-17(38-12(3)4)18(16)22(35)39-19(21(33)34)20-23(36)41-26(40-20)15-9-13(24(27,28)29)8-14(10-15)25(30,31)32/h5-12,19-20H,1-4H3,(H,33,34)/t19-,20-/m1/s1. The summed E-state index contributed by atoms with van der Waals surface area (Å²) in [6, 6.07) is 4.61. The Morgan fingerprint density at radius 2 is 1.39 bits per heavy atom. The van der Waals surface area contributed by atoms with E-state index in [9.17, 15) is 45.8 Å². The van der Waals surface area contributed by atoms with E-state index in [2.05, 4.69) is 0 Å². The summed E-state index contributed by atoms with van der Waals surface area (Å²) in [5.41, 5.74) is -4.64. The van der Waals surface area contributed by atoms with E-state index in [1.807, 2.05) is 0 Å². The van der Waals surface area contributed by atoms with Gasteiger partial charge in [0.25, 0.3) is 0 Å². The van der Waals surface area contributed by atoms with Crippen LogP contribution in [0.1, 0.15) is 49.2 Å². The molecule has 1 heterocycles. The van der Waals surface area contributed by atoms with E-state index in [4.69, 9.17) is 23.5 Å². The van der Waals surface area contributed by atoms with Gasteiger partial charge in [0.1, 0.15) is 17.1 Å². The Balaban J connectivity index is 1.95. The summed E-state index contributed by atoms with van der Waals surface area (Å²) in [4.78, 5) is 37.7. The average Bonchev–Trinajstić information content (AvgIpc) is 3.21. The van der Waals surface area contributed by atoms with E-state index >= 15 is 0 Å². The summed E-state index contributed by atoms with van der Waals surface area (Å²) in [5.74, 6) is -4.86. The molecule has 0 amide bonds. The number of carboxylic acid groups (broad SMARTS) is 1. The van der Waals surface area contributed by atoms with Crippen molar-refractivity contribution in [3.8, 4) is 11.5 Å². The lowest BCUT2D eigenvalue weighted by Gasteiger charge is -2.21. The number of alkyl halides is 6. The fraction of sp³-hybridized carbons (Fsp3) is 0.400. The van der Waals surface area contributed by atoms with E-state index < -0.39 is 78.4 Å². The van der Waals surface area contributed by atoms with Crippen LogP contribution in [-0.2, 0) is 36.0 Å². The van der Waals surface area contributed by atoms with Crippen molar-refractivity contribution in [1.82, 2.24) is 0 Å². The summed E-state index contributed by atoms with van der Waals surface area (Å²) in [6.45, 7) is 6.58. The van der Waals surface area contributed by atoms with Gasteiger partial charge >= 0.3 is 37.4 Å². The van der Waals surface area contributed by atoms with Crippen molar-refractivity contribution in [2.75, 3.05) is 0 Å². The molecule has 222 valence electrons. The van der Waals surface area contributed by atoms with Crippen LogP contribution in [0.15, 0.2) is 36.4 Å². The normalized spacial score (nSPS) is 16.5. The molecule has 16 heteroatoms. The number of aliphatic carboxylic acids is 1. The van der Waals surface area contributed by atoms with E-state index in [0.717, 1.165) is 0 Å². The Labute approximate surface area is 229 Å². The molecule has 2 atom stereocenters. The first-order valence-electron chi connectivity index (χ1n) is 11.9. The second kappa shape index (κ2) is 11.9. The minimum absolute atomic E-state index is 0.0521. The van der Waals surface area contributed by atoms with Gasteiger partial charge in [0, 0.05) is 0 Å². The number of hydrogen-bond acceptors (Lipinski definition) is 8. The minimum atomic E-state index is -5.21. The first kappa shape index (κ1) is 31.6. The first-order chi connectivity index (χ1) is 18.9. The molecule has 0 spiro atoms. The predicted molar refractivity (Wildman–Crippen MR) is 128 cm³/mol. The van der Waals surface area contributed by atoms with Crippen LogP contribution < -0.4 is 14.9 Å². The largest absolute Gasteiger partial charge is 0.565 e. The van der Waals surface area contributed by atoms with Crippen molar-refractivity contribution in [2.45, 2.75) is 64.5 Å². The van der Waals surface area contributed by atoms with Gasteiger partial charge in [-0.05, 0) is 63.5 Å². The lowest BCUT2D eigenvalue weighted by atomic mass is 9.77. The van der Waals surface area contributed by atoms with Gasteiger partial charge in [0.05, 0.1) is 23.3 Å². The van der Waals surface area contributed by atoms with Crippen LogP contribution in [0, 0.1) is 0 Å². The van der Waals surface area contributed by atoms with Gasteiger partial charge in [-0.25, -0.2) is 9.59 Å². The number of carboxylic acids is 1. The van der Waals surface area contributed by atoms with Crippen LogP contribution in [0.5, 0.6) is 11.5 Å². The third-order valence-corrected chi connectivity index (χ3v) is 5.28. The van der Waals surface area contributed by atoms with Crippen molar-refractivity contribution in [3.63, 3.8) is 0 Å². The molecular weight excluding hydrogens is 569 g/mol. The fourth-order valence-electron chi connectivity index (χ4n) is 3.68. The van der Waals surface area contributed by atoms with Crippen molar-refractivity contribution < 1.29 is 69.4 Å². The van der Waals surface area contributed by atoms with E-state index in [-0.39, 0.29) is 35.3 Å². The third kappa shape index (κ3) is 7.62. The number of carbonyl (C=O) groups excluding carboxylic acids is 2. The van der Waals surface area contributed by atoms with Gasteiger partial charge in [-0.3, -0.25) is 4.79 Å². The molecule has 0 aromatic heterocycles. The lowest BCUT2D eigenvalue weighted by molar-refractivity contribution is -0.158. The minimum Gasteiger partial charge on any atom is -0.504 e. The first-order valence-corrected chi connectivity index (χ1v) is 11.9. The highest BCUT2D eigenvalue weighted by Crippen LogP contribution is 2.36. The molecule has 1 saturated heterocycles. The lowest BCUT2D eigenvalue weighted by Crippen LogP contribution is -2.43. The van der Waals surface area contributed by atoms with Crippen molar-refractivity contribution in [3.05, 3.63) is 53.1 Å². The maximum atomic E-state index is 13.3. The third-order valence-electron chi connectivity index (χ3n) is 5.28. The molecule has 3 rings (SSSR count). The van der Waals surface area contributed by atoms with E-state index in [1.54, 1.807) is 27.7 Å². The Morgan fingerprint density at radius 1 is 0.902 bits per heavy atom. The molecule has 41 heavy (non-hydrogen) atoms. The molecule has 0 bridgehead atoms. The highest BCUT2D eigenvalue weighted by Gasteiger charge is 2.51. The number of ether oxygens (including phenoxy) is 3. The molecule has 0 radical (unpaired) electrons. The van der Waals surface area contributed by atoms with Crippen molar-refractivity contribution in [1.29, 1.82) is 0 Å². The number of esters is 1. The van der Waals surface area contributed by atoms with Crippen molar-refractivity contribution in [2.24, 2.45) is 0 Å². The summed E-state index contributed by atoms with van der Waals surface area (Å²) in [7, 11) is -2.17. The van der Waals surface area contributed by atoms with Crippen LogP contribution in [0.3, 0.4) is 0 Å². The van der Waals surface area contributed by atoms with Gasteiger partial charge in [0.2, 0.25) is 6.10 Å². The Kier molecular flexibility index (Phi) is 9.16. The van der Waals surface area contributed by atoms with Gasteiger partial charge in [0.15, 0.2) is 6.10 Å². The van der Waals surface area contributed by atoms with Crippen LogP contribution in [0.25, 0.3) is 0 Å². The van der Waals surface area contributed by atoms with Gasteiger partial charge < -0.3 is 28.6 Å². The summed E-state index contributed by atoms with van der Waals surface area (Å²) in [6.07, 6.45) is -16.0. The maximum Gasteiger partial charge on any atom is 0.565 e. The van der Waals surface area contributed by atoms with Crippen LogP contribution in [0.4, 0.5) is 26.3 Å². The Hall–Kier alpha value is -3.95. The molecule has 2 aromatic carbocycles. The summed E-state index contributed by atoms with van der Waals surface area (Å²) < 4.78 is 106. The summed E-state index contributed by atoms with van der Waals surface area (Å²) >= 11 is 0. The molecule has 1 N–H and O–H groups in total. The number of benzene rings is 2. The highest BCUT2D eigenvalue weighted by atomic mass is 19.4. The van der Waals surface area contributed by atoms with Crippen molar-refractivity contribution >= 4 is 30.5 Å². The second-order valence-electron chi connectivity index (χ2n) is 9.29. The van der Waals surface area contributed by atoms with Crippen LogP contribution in [0.2, 0.25) is 0 Å².